The van der Waals surface area contributed by atoms with Gasteiger partial charge in [-0.05, 0) is 13.0 Å². The first-order valence-corrected chi connectivity index (χ1v) is 5.27. The summed E-state index contributed by atoms with van der Waals surface area (Å²) in [5.74, 6) is 0.316. The van der Waals surface area contributed by atoms with Crippen molar-refractivity contribution in [2.75, 3.05) is 19.8 Å². The maximum absolute atomic E-state index is 11.1. The van der Waals surface area contributed by atoms with Gasteiger partial charge < -0.3 is 14.2 Å². The molecule has 0 amide bonds. The Balaban J connectivity index is 2.09. The molecule has 1 aliphatic rings. The predicted octanol–water partition coefficient (Wildman–Crippen LogP) is 0.824. The molecule has 0 unspecified atom stereocenters. The molecule has 2 heterocycles. The Bertz CT molecular complexity index is 445. The molecule has 0 saturated carbocycles. The molecule has 0 aliphatic carbocycles. The molecule has 17 heavy (non-hydrogen) atoms. The summed E-state index contributed by atoms with van der Waals surface area (Å²) in [7, 11) is 0. The highest BCUT2D eigenvalue weighted by Crippen LogP contribution is 2.24. The number of carbonyl (C=O) groups excluding carboxylic acids is 1. The van der Waals surface area contributed by atoms with E-state index in [1.54, 1.807) is 6.92 Å². The van der Waals surface area contributed by atoms with E-state index in [1.165, 1.54) is 18.3 Å². The first kappa shape index (κ1) is 11.4. The molecule has 1 aromatic heterocycles. The lowest BCUT2D eigenvalue weighted by atomic mass is 10.4. The van der Waals surface area contributed by atoms with Crippen molar-refractivity contribution < 1.29 is 19.0 Å². The van der Waals surface area contributed by atoms with Crippen LogP contribution in [0.25, 0.3) is 6.08 Å². The van der Waals surface area contributed by atoms with E-state index >= 15 is 0 Å². The molecule has 1 aliphatic heterocycles. The summed E-state index contributed by atoms with van der Waals surface area (Å²) in [5.41, 5.74) is 0.516. The Morgan fingerprint density at radius 3 is 3.00 bits per heavy atom. The maximum Gasteiger partial charge on any atom is 0.330 e. The number of carbonyl (C=O) groups is 1. The molecule has 90 valence electrons. The van der Waals surface area contributed by atoms with E-state index in [-0.39, 0.29) is 0 Å². The fourth-order valence-electron chi connectivity index (χ4n) is 1.27. The van der Waals surface area contributed by atoms with Crippen LogP contribution in [0.1, 0.15) is 12.6 Å². The number of hydrogen-bond acceptors (Lipinski definition) is 6. The summed E-state index contributed by atoms with van der Waals surface area (Å²) in [6.07, 6.45) is 4.32. The van der Waals surface area contributed by atoms with Crippen molar-refractivity contribution in [3.05, 3.63) is 18.0 Å². The minimum Gasteiger partial charge on any atom is -0.470 e. The van der Waals surface area contributed by atoms with Crippen molar-refractivity contribution in [3.8, 4) is 11.8 Å². The zero-order valence-electron chi connectivity index (χ0n) is 9.38. The van der Waals surface area contributed by atoms with E-state index in [0.717, 1.165) is 0 Å². The second kappa shape index (κ2) is 5.29. The van der Waals surface area contributed by atoms with Gasteiger partial charge in [0.05, 0.1) is 18.5 Å². The summed E-state index contributed by atoms with van der Waals surface area (Å²) in [6, 6.07) is 0. The summed E-state index contributed by atoms with van der Waals surface area (Å²) >= 11 is 0. The van der Waals surface area contributed by atoms with Gasteiger partial charge in [0.2, 0.25) is 0 Å². The third kappa shape index (κ3) is 2.93. The topological polar surface area (TPSA) is 70.5 Å². The van der Waals surface area contributed by atoms with Gasteiger partial charge in [0.15, 0.2) is 0 Å². The number of esters is 1. The van der Waals surface area contributed by atoms with Gasteiger partial charge >= 0.3 is 5.97 Å². The lowest BCUT2D eigenvalue weighted by molar-refractivity contribution is -0.137. The normalized spacial score (nSPS) is 13.7. The zero-order chi connectivity index (χ0) is 12.1. The van der Waals surface area contributed by atoms with Gasteiger partial charge in [-0.1, -0.05) is 0 Å². The van der Waals surface area contributed by atoms with Gasteiger partial charge in [-0.15, -0.1) is 0 Å². The highest BCUT2D eigenvalue weighted by Gasteiger charge is 2.14. The Morgan fingerprint density at radius 1 is 1.47 bits per heavy atom. The molecule has 2 rings (SSSR count). The van der Waals surface area contributed by atoms with Gasteiger partial charge in [0, 0.05) is 6.08 Å². The van der Waals surface area contributed by atoms with Gasteiger partial charge in [0.25, 0.3) is 11.8 Å². The number of nitrogens with zero attached hydrogens (tertiary/aromatic N) is 2. The molecule has 0 N–H and O–H groups in total. The quantitative estimate of drug-likeness (QED) is 0.571. The van der Waals surface area contributed by atoms with Crippen LogP contribution in [-0.4, -0.2) is 35.8 Å². The van der Waals surface area contributed by atoms with Crippen molar-refractivity contribution in [2.24, 2.45) is 0 Å². The summed E-state index contributed by atoms with van der Waals surface area (Å²) in [6.45, 7) is 3.01. The van der Waals surface area contributed by atoms with Gasteiger partial charge in [-0.2, -0.15) is 0 Å². The monoisotopic (exact) mass is 236 g/mol. The van der Waals surface area contributed by atoms with Crippen molar-refractivity contribution in [2.45, 2.75) is 6.92 Å². The van der Waals surface area contributed by atoms with Crippen LogP contribution >= 0.6 is 0 Å². The van der Waals surface area contributed by atoms with Gasteiger partial charge in [-0.3, -0.25) is 0 Å². The van der Waals surface area contributed by atoms with Crippen LogP contribution in [0.3, 0.4) is 0 Å². The first-order valence-electron chi connectivity index (χ1n) is 5.27. The predicted molar refractivity (Wildman–Crippen MR) is 58.7 cm³/mol. The van der Waals surface area contributed by atoms with Crippen molar-refractivity contribution in [3.63, 3.8) is 0 Å². The van der Waals surface area contributed by atoms with Gasteiger partial charge in [0.1, 0.15) is 13.2 Å². The van der Waals surface area contributed by atoms with Crippen LogP contribution in [0.15, 0.2) is 12.3 Å². The Morgan fingerprint density at radius 2 is 2.24 bits per heavy atom. The van der Waals surface area contributed by atoms with Crippen LogP contribution in [0, 0.1) is 0 Å². The highest BCUT2D eigenvalue weighted by molar-refractivity contribution is 5.86. The van der Waals surface area contributed by atoms with E-state index in [9.17, 15) is 4.79 Å². The summed E-state index contributed by atoms with van der Waals surface area (Å²) in [4.78, 5) is 19.3. The van der Waals surface area contributed by atoms with E-state index in [4.69, 9.17) is 14.2 Å². The minimum atomic E-state index is -0.413. The molecule has 0 radical (unpaired) electrons. The van der Waals surface area contributed by atoms with Crippen LogP contribution in [0.5, 0.6) is 11.8 Å². The highest BCUT2D eigenvalue weighted by atomic mass is 16.6. The van der Waals surface area contributed by atoms with E-state index in [1.807, 2.05) is 0 Å². The van der Waals surface area contributed by atoms with Crippen molar-refractivity contribution in [1.29, 1.82) is 0 Å². The fraction of sp³-hybridized carbons (Fsp3) is 0.364. The first-order chi connectivity index (χ1) is 8.29. The lowest BCUT2D eigenvalue weighted by Crippen LogP contribution is -2.17. The molecule has 0 atom stereocenters. The molecular formula is C11H12N2O4. The van der Waals surface area contributed by atoms with Crippen LogP contribution < -0.4 is 9.47 Å². The smallest absolute Gasteiger partial charge is 0.330 e. The lowest BCUT2D eigenvalue weighted by Gasteiger charge is -2.15. The molecule has 6 heteroatoms. The number of fused-ring (bicyclic) bond motifs is 1. The average molecular weight is 236 g/mol. The van der Waals surface area contributed by atoms with E-state index < -0.39 is 5.97 Å². The SMILES string of the molecule is CCOC(=O)/C=C/c1cnc2c(n1)OCCO2. The molecule has 6 nitrogen and oxygen atoms in total. The minimum absolute atomic E-state index is 0.343. The Hall–Kier alpha value is -2.11. The molecule has 0 bridgehead atoms. The molecule has 0 saturated heterocycles. The van der Waals surface area contributed by atoms with Crippen LogP contribution in [-0.2, 0) is 9.53 Å². The molecular weight excluding hydrogens is 224 g/mol. The summed E-state index contributed by atoms with van der Waals surface area (Å²) < 4.78 is 15.2. The number of aromatic nitrogens is 2. The molecule has 0 fully saturated rings. The third-order valence-corrected chi connectivity index (χ3v) is 1.97. The number of ether oxygens (including phenoxy) is 3. The van der Waals surface area contributed by atoms with E-state index in [2.05, 4.69) is 9.97 Å². The van der Waals surface area contributed by atoms with Crippen LogP contribution in [0.2, 0.25) is 0 Å². The molecule has 1 aromatic rings. The van der Waals surface area contributed by atoms with Gasteiger partial charge in [-0.25, -0.2) is 14.8 Å². The number of hydrogen-bond donors (Lipinski definition) is 0. The van der Waals surface area contributed by atoms with Crippen LogP contribution in [0.4, 0.5) is 0 Å². The van der Waals surface area contributed by atoms with E-state index in [0.29, 0.717) is 37.3 Å². The second-order valence-electron chi connectivity index (χ2n) is 3.19. The molecule has 0 aromatic carbocycles. The third-order valence-electron chi connectivity index (χ3n) is 1.97. The second-order valence-corrected chi connectivity index (χ2v) is 3.19. The largest absolute Gasteiger partial charge is 0.470 e. The van der Waals surface area contributed by atoms with Crippen molar-refractivity contribution in [1.82, 2.24) is 9.97 Å². The maximum atomic E-state index is 11.1. The van der Waals surface area contributed by atoms with Crippen molar-refractivity contribution >= 4 is 12.0 Å². The average Bonchev–Trinajstić information content (AvgIpc) is 2.36. The Labute approximate surface area is 98.2 Å². The Kier molecular flexibility index (Phi) is 3.54. The summed E-state index contributed by atoms with van der Waals surface area (Å²) in [5, 5.41) is 0. The number of rotatable bonds is 3. The zero-order valence-corrected chi connectivity index (χ0v) is 9.38. The fourth-order valence-corrected chi connectivity index (χ4v) is 1.27. The standard InChI is InChI=1S/C11H12N2O4/c1-2-15-9(14)4-3-8-7-12-10-11(13-8)17-6-5-16-10/h3-4,7H,2,5-6H2,1H3/b4-3+. The molecule has 0 spiro atoms.